The highest BCUT2D eigenvalue weighted by Crippen LogP contribution is 2.17. The third-order valence-corrected chi connectivity index (χ3v) is 2.59. The molecule has 1 aromatic heterocycles. The van der Waals surface area contributed by atoms with Crippen molar-refractivity contribution in [3.8, 4) is 0 Å². The summed E-state index contributed by atoms with van der Waals surface area (Å²) in [6.07, 6.45) is 1.14. The van der Waals surface area contributed by atoms with E-state index in [1.165, 1.54) is 0 Å². The van der Waals surface area contributed by atoms with Gasteiger partial charge in [-0.3, -0.25) is 9.89 Å². The van der Waals surface area contributed by atoms with E-state index in [2.05, 4.69) is 10.2 Å². The second-order valence-corrected chi connectivity index (χ2v) is 3.73. The van der Waals surface area contributed by atoms with Crippen LogP contribution in [0.15, 0.2) is 12.3 Å². The Kier molecular flexibility index (Phi) is 2.25. The van der Waals surface area contributed by atoms with Gasteiger partial charge in [0, 0.05) is 25.2 Å². The van der Waals surface area contributed by atoms with Gasteiger partial charge in [-0.25, -0.2) is 0 Å². The van der Waals surface area contributed by atoms with Crippen molar-refractivity contribution in [3.05, 3.63) is 18.0 Å². The standard InChI is InChI=1S/C9H13N3O2/c1-6-4-12(5-8(6)13)9(14)7-2-3-10-11-7/h2-3,6,8,13H,4-5H2,1H3,(H,10,11). The Morgan fingerprint density at radius 3 is 3.00 bits per heavy atom. The lowest BCUT2D eigenvalue weighted by Crippen LogP contribution is -2.29. The normalized spacial score (nSPS) is 26.9. The number of β-amino-alcohol motifs (C(OH)–C–C–N with tert-alkyl or cyclic N) is 1. The molecule has 0 aliphatic carbocycles. The van der Waals surface area contributed by atoms with Crippen molar-refractivity contribution >= 4 is 5.91 Å². The van der Waals surface area contributed by atoms with Gasteiger partial charge in [-0.2, -0.15) is 5.10 Å². The number of nitrogens with one attached hydrogen (secondary N) is 1. The van der Waals surface area contributed by atoms with Crippen molar-refractivity contribution in [2.24, 2.45) is 5.92 Å². The van der Waals surface area contributed by atoms with Crippen molar-refractivity contribution in [2.45, 2.75) is 13.0 Å². The fourth-order valence-electron chi connectivity index (χ4n) is 1.66. The number of aromatic amines is 1. The van der Waals surface area contributed by atoms with Crippen LogP contribution in [0, 0.1) is 5.92 Å². The average molecular weight is 195 g/mol. The molecule has 76 valence electrons. The molecule has 1 aliphatic heterocycles. The van der Waals surface area contributed by atoms with Crippen LogP contribution in [0.4, 0.5) is 0 Å². The number of likely N-dealkylation sites (tertiary alicyclic amines) is 1. The van der Waals surface area contributed by atoms with Crippen molar-refractivity contribution in [1.82, 2.24) is 15.1 Å². The number of hydrogen-bond acceptors (Lipinski definition) is 3. The summed E-state index contributed by atoms with van der Waals surface area (Å²) in [5.74, 6) is 0.0628. The molecule has 5 heteroatoms. The molecule has 5 nitrogen and oxygen atoms in total. The number of aliphatic hydroxyl groups excluding tert-OH is 1. The smallest absolute Gasteiger partial charge is 0.271 e. The Bertz CT molecular complexity index is 313. The largest absolute Gasteiger partial charge is 0.391 e. The summed E-state index contributed by atoms with van der Waals surface area (Å²) < 4.78 is 0. The lowest BCUT2D eigenvalue weighted by molar-refractivity contribution is 0.0759. The molecule has 1 aliphatic rings. The highest BCUT2D eigenvalue weighted by Gasteiger charge is 2.31. The number of amides is 1. The van der Waals surface area contributed by atoms with E-state index in [1.54, 1.807) is 17.2 Å². The minimum absolute atomic E-state index is 0.0918. The summed E-state index contributed by atoms with van der Waals surface area (Å²) in [5, 5.41) is 15.8. The van der Waals surface area contributed by atoms with Crippen LogP contribution >= 0.6 is 0 Å². The maximum Gasteiger partial charge on any atom is 0.271 e. The Morgan fingerprint density at radius 1 is 1.71 bits per heavy atom. The van der Waals surface area contributed by atoms with Crippen LogP contribution in [-0.4, -0.2) is 45.3 Å². The topological polar surface area (TPSA) is 69.2 Å². The van der Waals surface area contributed by atoms with E-state index in [4.69, 9.17) is 0 Å². The number of rotatable bonds is 1. The van der Waals surface area contributed by atoms with Gasteiger partial charge in [0.05, 0.1) is 6.10 Å². The molecule has 2 unspecified atom stereocenters. The number of aromatic nitrogens is 2. The Balaban J connectivity index is 2.07. The first-order valence-corrected chi connectivity index (χ1v) is 4.65. The molecule has 2 heterocycles. The van der Waals surface area contributed by atoms with Crippen LogP contribution in [-0.2, 0) is 0 Å². The highest BCUT2D eigenvalue weighted by molar-refractivity contribution is 5.92. The zero-order valence-corrected chi connectivity index (χ0v) is 7.97. The molecule has 0 bridgehead atoms. The molecule has 1 amide bonds. The molecule has 0 spiro atoms. The van der Waals surface area contributed by atoms with Crippen LogP contribution in [0.1, 0.15) is 17.4 Å². The van der Waals surface area contributed by atoms with Crippen molar-refractivity contribution in [2.75, 3.05) is 13.1 Å². The number of nitrogens with zero attached hydrogens (tertiary/aromatic N) is 2. The van der Waals surface area contributed by atoms with Gasteiger partial charge in [0.25, 0.3) is 5.91 Å². The Hall–Kier alpha value is -1.36. The van der Waals surface area contributed by atoms with Gasteiger partial charge in [-0.1, -0.05) is 6.92 Å². The molecule has 2 rings (SSSR count). The molecule has 1 aromatic rings. The van der Waals surface area contributed by atoms with Crippen LogP contribution in [0.5, 0.6) is 0 Å². The molecule has 0 radical (unpaired) electrons. The quantitative estimate of drug-likeness (QED) is 0.655. The summed E-state index contributed by atoms with van der Waals surface area (Å²) in [4.78, 5) is 13.4. The lowest BCUT2D eigenvalue weighted by atomic mass is 10.1. The number of carbonyl (C=O) groups excluding carboxylic acids is 1. The maximum absolute atomic E-state index is 11.7. The van der Waals surface area contributed by atoms with Crippen molar-refractivity contribution in [1.29, 1.82) is 0 Å². The third-order valence-electron chi connectivity index (χ3n) is 2.59. The van der Waals surface area contributed by atoms with E-state index < -0.39 is 6.10 Å². The van der Waals surface area contributed by atoms with Gasteiger partial charge in [0.2, 0.25) is 0 Å². The van der Waals surface area contributed by atoms with E-state index in [1.807, 2.05) is 6.92 Å². The monoisotopic (exact) mass is 195 g/mol. The first kappa shape index (κ1) is 9.21. The van der Waals surface area contributed by atoms with E-state index in [0.29, 0.717) is 18.8 Å². The van der Waals surface area contributed by atoms with Crippen LogP contribution < -0.4 is 0 Å². The predicted molar refractivity (Wildman–Crippen MR) is 49.7 cm³/mol. The summed E-state index contributed by atoms with van der Waals surface area (Å²) in [5.41, 5.74) is 0.478. The van der Waals surface area contributed by atoms with Gasteiger partial charge in [-0.05, 0) is 6.07 Å². The predicted octanol–water partition coefficient (Wildman–Crippen LogP) is -0.138. The van der Waals surface area contributed by atoms with E-state index in [0.717, 1.165) is 0 Å². The van der Waals surface area contributed by atoms with Gasteiger partial charge in [0.1, 0.15) is 5.69 Å². The molecular weight excluding hydrogens is 182 g/mol. The first-order valence-electron chi connectivity index (χ1n) is 4.65. The number of H-pyrrole nitrogens is 1. The van der Waals surface area contributed by atoms with Crippen molar-refractivity contribution in [3.63, 3.8) is 0 Å². The average Bonchev–Trinajstić information content (AvgIpc) is 2.76. The van der Waals surface area contributed by atoms with Crippen molar-refractivity contribution < 1.29 is 9.90 Å². The molecule has 1 fully saturated rings. The van der Waals surface area contributed by atoms with E-state index in [-0.39, 0.29) is 11.8 Å². The Morgan fingerprint density at radius 2 is 2.50 bits per heavy atom. The van der Waals surface area contributed by atoms with Crippen LogP contribution in [0.2, 0.25) is 0 Å². The molecule has 0 saturated carbocycles. The molecule has 0 aromatic carbocycles. The zero-order valence-electron chi connectivity index (χ0n) is 7.97. The van der Waals surface area contributed by atoms with Crippen LogP contribution in [0.25, 0.3) is 0 Å². The fraction of sp³-hybridized carbons (Fsp3) is 0.556. The zero-order chi connectivity index (χ0) is 10.1. The number of carbonyl (C=O) groups is 1. The van der Waals surface area contributed by atoms with Gasteiger partial charge in [0.15, 0.2) is 0 Å². The second-order valence-electron chi connectivity index (χ2n) is 3.73. The molecule has 1 saturated heterocycles. The lowest BCUT2D eigenvalue weighted by Gasteiger charge is -2.13. The molecule has 2 atom stereocenters. The second kappa shape index (κ2) is 3.42. The highest BCUT2D eigenvalue weighted by atomic mass is 16.3. The van der Waals surface area contributed by atoms with Gasteiger partial charge >= 0.3 is 0 Å². The minimum atomic E-state index is -0.401. The maximum atomic E-state index is 11.7. The Labute approximate surface area is 81.7 Å². The van der Waals surface area contributed by atoms with Gasteiger partial charge in [-0.15, -0.1) is 0 Å². The van der Waals surface area contributed by atoms with E-state index in [9.17, 15) is 9.90 Å². The molecule has 14 heavy (non-hydrogen) atoms. The summed E-state index contributed by atoms with van der Waals surface area (Å²) >= 11 is 0. The minimum Gasteiger partial charge on any atom is -0.391 e. The molecule has 2 N–H and O–H groups in total. The fourth-order valence-corrected chi connectivity index (χ4v) is 1.66. The van der Waals surface area contributed by atoms with E-state index >= 15 is 0 Å². The van der Waals surface area contributed by atoms with Crippen LogP contribution in [0.3, 0.4) is 0 Å². The number of aliphatic hydroxyl groups is 1. The summed E-state index contributed by atoms with van der Waals surface area (Å²) in [6, 6.07) is 1.64. The molecular formula is C9H13N3O2. The summed E-state index contributed by atoms with van der Waals surface area (Å²) in [7, 11) is 0. The number of hydrogen-bond donors (Lipinski definition) is 2. The SMILES string of the molecule is CC1CN(C(=O)c2ccn[nH]2)CC1O. The first-order chi connectivity index (χ1) is 6.68. The van der Waals surface area contributed by atoms with Gasteiger partial charge < -0.3 is 10.0 Å². The summed E-state index contributed by atoms with van der Waals surface area (Å²) in [6.45, 7) is 2.96. The third kappa shape index (κ3) is 1.50.